The third kappa shape index (κ3) is 4.24. The molecule has 0 radical (unpaired) electrons. The number of unbranched alkanes of at least 4 members (excludes halogenated alkanes) is 2. The van der Waals surface area contributed by atoms with Crippen molar-refractivity contribution in [3.8, 4) is 12.3 Å². The fourth-order valence-corrected chi connectivity index (χ4v) is 2.15. The van der Waals surface area contributed by atoms with Crippen LogP contribution in [0.1, 0.15) is 61.0 Å². The molecule has 0 aromatic heterocycles. The van der Waals surface area contributed by atoms with Gasteiger partial charge in [-0.1, -0.05) is 56.0 Å². The zero-order valence-electron chi connectivity index (χ0n) is 12.4. The van der Waals surface area contributed by atoms with E-state index in [4.69, 9.17) is 6.42 Å². The number of hydrogen-bond acceptors (Lipinski definition) is 1. The monoisotopic (exact) mass is 266 g/mol. The summed E-state index contributed by atoms with van der Waals surface area (Å²) in [5.41, 5.74) is 3.20. The molecule has 0 bridgehead atoms. The van der Waals surface area contributed by atoms with Crippen LogP contribution in [0.2, 0.25) is 0 Å². The standard InChI is InChI=1S/C19H22O/c1-5-8-9-11-15(4)14-19(20)18-13-10-12-16(6-2)17(18)7-3/h2,7,10,12-14H,3,5,8-9,11H2,1,4H3/b15-14+. The Hall–Kier alpha value is -2.07. The van der Waals surface area contributed by atoms with Crippen molar-refractivity contribution in [1.82, 2.24) is 0 Å². The SMILES string of the molecule is C#Cc1cccc(C(=O)/C=C(\C)CCCCC)c1C=C. The molecule has 104 valence electrons. The number of benzene rings is 1. The molecule has 0 atom stereocenters. The molecule has 0 aliphatic carbocycles. The molecule has 1 heteroatoms. The van der Waals surface area contributed by atoms with Crippen LogP contribution < -0.4 is 0 Å². The van der Waals surface area contributed by atoms with Gasteiger partial charge in [0, 0.05) is 16.7 Å². The first-order valence-corrected chi connectivity index (χ1v) is 7.07. The molecule has 0 spiro atoms. The minimum atomic E-state index is 0.00555. The van der Waals surface area contributed by atoms with E-state index in [-0.39, 0.29) is 5.78 Å². The lowest BCUT2D eigenvalue weighted by Gasteiger charge is -2.06. The first kappa shape index (κ1) is 16.0. The van der Waals surface area contributed by atoms with E-state index in [0.29, 0.717) is 11.1 Å². The van der Waals surface area contributed by atoms with Crippen LogP contribution in [0, 0.1) is 12.3 Å². The molecule has 1 aromatic rings. The molecule has 1 nitrogen and oxygen atoms in total. The molecule has 0 aliphatic heterocycles. The third-order valence-corrected chi connectivity index (χ3v) is 3.28. The van der Waals surface area contributed by atoms with E-state index in [2.05, 4.69) is 19.4 Å². The van der Waals surface area contributed by atoms with Gasteiger partial charge in [-0.25, -0.2) is 0 Å². The molecule has 0 heterocycles. The lowest BCUT2D eigenvalue weighted by Crippen LogP contribution is -2.01. The molecule has 1 rings (SSSR count). The number of rotatable bonds is 7. The summed E-state index contributed by atoms with van der Waals surface area (Å²) in [4.78, 5) is 12.3. The van der Waals surface area contributed by atoms with E-state index in [1.54, 1.807) is 18.2 Å². The Morgan fingerprint density at radius 1 is 1.40 bits per heavy atom. The summed E-state index contributed by atoms with van der Waals surface area (Å²) in [5, 5.41) is 0. The van der Waals surface area contributed by atoms with Crippen molar-refractivity contribution >= 4 is 11.9 Å². The largest absolute Gasteiger partial charge is 0.289 e. The summed E-state index contributed by atoms with van der Waals surface area (Å²) in [6, 6.07) is 5.44. The summed E-state index contributed by atoms with van der Waals surface area (Å²) < 4.78 is 0. The smallest absolute Gasteiger partial charge is 0.186 e. The predicted molar refractivity (Wildman–Crippen MR) is 86.7 cm³/mol. The maximum Gasteiger partial charge on any atom is 0.186 e. The van der Waals surface area contributed by atoms with Crippen LogP contribution in [-0.2, 0) is 0 Å². The Balaban J connectivity index is 2.96. The normalized spacial score (nSPS) is 10.9. The van der Waals surface area contributed by atoms with E-state index >= 15 is 0 Å². The summed E-state index contributed by atoms with van der Waals surface area (Å²) in [5.74, 6) is 2.60. The maximum absolute atomic E-state index is 12.3. The second-order valence-electron chi connectivity index (χ2n) is 4.93. The molecule has 0 aliphatic rings. The van der Waals surface area contributed by atoms with Gasteiger partial charge in [-0.15, -0.1) is 6.42 Å². The van der Waals surface area contributed by atoms with Crippen LogP contribution in [0.4, 0.5) is 0 Å². The molecular weight excluding hydrogens is 244 g/mol. The van der Waals surface area contributed by atoms with E-state index in [9.17, 15) is 4.79 Å². The van der Waals surface area contributed by atoms with Crippen molar-refractivity contribution in [2.45, 2.75) is 39.5 Å². The van der Waals surface area contributed by atoms with Gasteiger partial charge in [0.15, 0.2) is 5.78 Å². The highest BCUT2D eigenvalue weighted by atomic mass is 16.1. The minimum Gasteiger partial charge on any atom is -0.289 e. The summed E-state index contributed by atoms with van der Waals surface area (Å²) in [6.45, 7) is 7.93. The fourth-order valence-electron chi connectivity index (χ4n) is 2.15. The van der Waals surface area contributed by atoms with Crippen molar-refractivity contribution in [2.75, 3.05) is 0 Å². The van der Waals surface area contributed by atoms with Gasteiger partial charge in [-0.3, -0.25) is 4.79 Å². The zero-order valence-corrected chi connectivity index (χ0v) is 12.4. The topological polar surface area (TPSA) is 17.1 Å². The highest BCUT2D eigenvalue weighted by Crippen LogP contribution is 2.18. The van der Waals surface area contributed by atoms with Crippen LogP contribution >= 0.6 is 0 Å². The van der Waals surface area contributed by atoms with Gasteiger partial charge in [0.1, 0.15) is 0 Å². The van der Waals surface area contributed by atoms with Crippen LogP contribution in [0.3, 0.4) is 0 Å². The molecule has 1 aromatic carbocycles. The van der Waals surface area contributed by atoms with Crippen molar-refractivity contribution < 1.29 is 4.79 Å². The van der Waals surface area contributed by atoms with Crippen molar-refractivity contribution in [1.29, 1.82) is 0 Å². The number of ketones is 1. The zero-order chi connectivity index (χ0) is 15.0. The fraction of sp³-hybridized carbons (Fsp3) is 0.316. The third-order valence-electron chi connectivity index (χ3n) is 3.28. The number of carbonyl (C=O) groups is 1. The first-order valence-electron chi connectivity index (χ1n) is 7.07. The highest BCUT2D eigenvalue weighted by Gasteiger charge is 2.10. The number of terminal acetylenes is 1. The van der Waals surface area contributed by atoms with Crippen molar-refractivity contribution in [3.05, 3.63) is 53.1 Å². The van der Waals surface area contributed by atoms with E-state index in [1.807, 2.05) is 19.1 Å². The Kier molecular flexibility index (Phi) is 6.53. The molecule has 0 N–H and O–H groups in total. The Bertz CT molecular complexity index is 556. The predicted octanol–water partition coefficient (Wildman–Crippen LogP) is 5.02. The number of carbonyl (C=O) groups excluding carboxylic acids is 1. The van der Waals surface area contributed by atoms with Crippen LogP contribution in [-0.4, -0.2) is 5.78 Å². The van der Waals surface area contributed by atoms with Gasteiger partial charge in [-0.05, 0) is 31.9 Å². The molecule has 0 fully saturated rings. The van der Waals surface area contributed by atoms with E-state index in [0.717, 1.165) is 24.0 Å². The average Bonchev–Trinajstić information content (AvgIpc) is 2.46. The quantitative estimate of drug-likeness (QED) is 0.293. The number of allylic oxidation sites excluding steroid dienone is 2. The van der Waals surface area contributed by atoms with Gasteiger partial charge in [0.2, 0.25) is 0 Å². The summed E-state index contributed by atoms with van der Waals surface area (Å²) >= 11 is 0. The number of hydrogen-bond donors (Lipinski definition) is 0. The van der Waals surface area contributed by atoms with Crippen LogP contribution in [0.5, 0.6) is 0 Å². The van der Waals surface area contributed by atoms with Gasteiger partial charge >= 0.3 is 0 Å². The van der Waals surface area contributed by atoms with Crippen molar-refractivity contribution in [2.24, 2.45) is 0 Å². The maximum atomic E-state index is 12.3. The molecule has 0 unspecified atom stereocenters. The lowest BCUT2D eigenvalue weighted by molar-refractivity contribution is 0.104. The van der Waals surface area contributed by atoms with Crippen LogP contribution in [0.15, 0.2) is 36.4 Å². The lowest BCUT2D eigenvalue weighted by atomic mass is 9.96. The summed E-state index contributed by atoms with van der Waals surface area (Å²) in [6.07, 6.45) is 13.3. The van der Waals surface area contributed by atoms with Crippen LogP contribution in [0.25, 0.3) is 6.08 Å². The molecule has 0 saturated heterocycles. The van der Waals surface area contributed by atoms with E-state index in [1.165, 1.54) is 12.8 Å². The molecular formula is C19H22O. The van der Waals surface area contributed by atoms with Gasteiger partial charge in [0.05, 0.1) is 0 Å². The molecule has 20 heavy (non-hydrogen) atoms. The van der Waals surface area contributed by atoms with Gasteiger partial charge in [-0.2, -0.15) is 0 Å². The summed E-state index contributed by atoms with van der Waals surface area (Å²) in [7, 11) is 0. The molecule has 0 amide bonds. The Morgan fingerprint density at radius 2 is 2.15 bits per heavy atom. The second kappa shape index (κ2) is 8.17. The van der Waals surface area contributed by atoms with E-state index < -0.39 is 0 Å². The first-order chi connectivity index (χ1) is 9.63. The second-order valence-corrected chi connectivity index (χ2v) is 4.93. The Labute approximate surface area is 122 Å². The van der Waals surface area contributed by atoms with Gasteiger partial charge < -0.3 is 0 Å². The van der Waals surface area contributed by atoms with Gasteiger partial charge in [0.25, 0.3) is 0 Å². The Morgan fingerprint density at radius 3 is 2.75 bits per heavy atom. The molecule has 0 saturated carbocycles. The van der Waals surface area contributed by atoms with Crippen molar-refractivity contribution in [3.63, 3.8) is 0 Å². The average molecular weight is 266 g/mol. The highest BCUT2D eigenvalue weighted by molar-refractivity contribution is 6.07. The minimum absolute atomic E-state index is 0.00555.